The molecule has 0 bridgehead atoms. The molecule has 0 radical (unpaired) electrons. The minimum absolute atomic E-state index is 0.644. The van der Waals surface area contributed by atoms with E-state index < -0.39 is 0 Å². The monoisotopic (exact) mass is 303 g/mol. The number of ether oxygens (including phenoxy) is 1. The van der Waals surface area contributed by atoms with Gasteiger partial charge in [0.25, 0.3) is 0 Å². The molecule has 0 spiro atoms. The summed E-state index contributed by atoms with van der Waals surface area (Å²) >= 11 is 6.32. The Balaban J connectivity index is 2.10. The maximum absolute atomic E-state index is 6.32. The molecule has 21 heavy (non-hydrogen) atoms. The molecule has 2 rings (SSSR count). The van der Waals surface area contributed by atoms with Crippen LogP contribution in [0.4, 0.5) is 0 Å². The molecule has 0 aliphatic carbocycles. The summed E-state index contributed by atoms with van der Waals surface area (Å²) in [6, 6.07) is 12.1. The second kappa shape index (κ2) is 7.48. The van der Waals surface area contributed by atoms with E-state index in [4.69, 9.17) is 16.3 Å². The van der Waals surface area contributed by atoms with Gasteiger partial charge in [-0.3, -0.25) is 0 Å². The van der Waals surface area contributed by atoms with Crippen LogP contribution in [0.2, 0.25) is 5.02 Å². The van der Waals surface area contributed by atoms with Crippen molar-refractivity contribution in [3.63, 3.8) is 0 Å². The highest BCUT2D eigenvalue weighted by Gasteiger charge is 2.06. The minimum Gasteiger partial charge on any atom is -0.456 e. The summed E-state index contributed by atoms with van der Waals surface area (Å²) in [4.78, 5) is 0. The molecule has 0 heterocycles. The van der Waals surface area contributed by atoms with Crippen LogP contribution in [-0.4, -0.2) is 6.54 Å². The first-order chi connectivity index (χ1) is 10.1. The summed E-state index contributed by atoms with van der Waals surface area (Å²) < 4.78 is 5.92. The average Bonchev–Trinajstić information content (AvgIpc) is 2.44. The lowest BCUT2D eigenvalue weighted by Crippen LogP contribution is -2.13. The van der Waals surface area contributed by atoms with E-state index in [-0.39, 0.29) is 0 Å². The zero-order valence-corrected chi connectivity index (χ0v) is 13.6. The van der Waals surface area contributed by atoms with Crippen molar-refractivity contribution in [1.29, 1.82) is 0 Å². The molecule has 0 aliphatic heterocycles. The third kappa shape index (κ3) is 4.48. The lowest BCUT2D eigenvalue weighted by atomic mass is 10.1. The van der Waals surface area contributed by atoms with Crippen LogP contribution in [-0.2, 0) is 6.54 Å². The number of halogens is 1. The topological polar surface area (TPSA) is 21.3 Å². The van der Waals surface area contributed by atoms with Crippen LogP contribution in [0, 0.1) is 13.8 Å². The van der Waals surface area contributed by atoms with Gasteiger partial charge in [-0.2, -0.15) is 0 Å². The normalized spacial score (nSPS) is 10.7. The molecular formula is C18H22ClNO. The Labute approximate surface area is 132 Å². The van der Waals surface area contributed by atoms with Crippen LogP contribution in [0.15, 0.2) is 36.4 Å². The number of nitrogens with one attached hydrogen (secondary N) is 1. The maximum atomic E-state index is 6.32. The smallest absolute Gasteiger partial charge is 0.146 e. The summed E-state index contributed by atoms with van der Waals surface area (Å²) in [5, 5.41) is 4.01. The van der Waals surface area contributed by atoms with E-state index in [9.17, 15) is 0 Å². The number of rotatable bonds is 6. The predicted octanol–water partition coefficient (Wildman–Crippen LogP) is 5.25. The SMILES string of the molecule is CCCNCc1ccc(Oc2ccc(C)cc2C)c(Cl)c1. The molecule has 2 nitrogen and oxygen atoms in total. The zero-order chi connectivity index (χ0) is 15.2. The van der Waals surface area contributed by atoms with E-state index in [0.29, 0.717) is 10.8 Å². The van der Waals surface area contributed by atoms with Crippen molar-refractivity contribution in [2.24, 2.45) is 0 Å². The molecule has 0 fully saturated rings. The van der Waals surface area contributed by atoms with Gasteiger partial charge in [-0.1, -0.05) is 42.3 Å². The molecule has 0 saturated heterocycles. The Morgan fingerprint density at radius 1 is 1.05 bits per heavy atom. The van der Waals surface area contributed by atoms with E-state index in [1.165, 1.54) is 11.1 Å². The molecule has 3 heteroatoms. The third-order valence-electron chi connectivity index (χ3n) is 3.30. The Bertz CT molecular complexity index is 610. The molecule has 1 N–H and O–H groups in total. The summed E-state index contributed by atoms with van der Waals surface area (Å²) in [5.74, 6) is 1.54. The second-order valence-electron chi connectivity index (χ2n) is 5.31. The van der Waals surface area contributed by atoms with Gasteiger partial charge in [-0.05, 0) is 56.1 Å². The molecule has 0 aliphatic rings. The van der Waals surface area contributed by atoms with Crippen molar-refractivity contribution in [2.45, 2.75) is 33.7 Å². The molecule has 0 amide bonds. The van der Waals surface area contributed by atoms with Gasteiger partial charge in [0, 0.05) is 6.54 Å². The highest BCUT2D eigenvalue weighted by Crippen LogP contribution is 2.32. The molecule has 2 aromatic rings. The summed E-state index contributed by atoms with van der Waals surface area (Å²) in [7, 11) is 0. The Morgan fingerprint density at radius 3 is 2.48 bits per heavy atom. The summed E-state index contributed by atoms with van der Waals surface area (Å²) in [6.07, 6.45) is 1.13. The van der Waals surface area contributed by atoms with Crippen molar-refractivity contribution in [3.8, 4) is 11.5 Å². The molecule has 2 aromatic carbocycles. The van der Waals surface area contributed by atoms with E-state index in [1.54, 1.807) is 0 Å². The lowest BCUT2D eigenvalue weighted by Gasteiger charge is -2.12. The standard InChI is InChI=1S/C18H22ClNO/c1-4-9-20-12-15-6-8-18(16(19)11-15)21-17-7-5-13(2)10-14(17)3/h5-8,10-11,20H,4,9,12H2,1-3H3. The van der Waals surface area contributed by atoms with Gasteiger partial charge in [0.2, 0.25) is 0 Å². The Morgan fingerprint density at radius 2 is 1.81 bits per heavy atom. The lowest BCUT2D eigenvalue weighted by molar-refractivity contribution is 0.478. The molecule has 0 atom stereocenters. The first kappa shape index (κ1) is 15.9. The van der Waals surface area contributed by atoms with E-state index in [2.05, 4.69) is 25.2 Å². The summed E-state index contributed by atoms with van der Waals surface area (Å²) in [5.41, 5.74) is 3.50. The predicted molar refractivity (Wildman–Crippen MR) is 89.4 cm³/mol. The second-order valence-corrected chi connectivity index (χ2v) is 5.72. The van der Waals surface area contributed by atoms with Crippen LogP contribution < -0.4 is 10.1 Å². The summed E-state index contributed by atoms with van der Waals surface area (Å²) in [6.45, 7) is 8.11. The molecule has 0 saturated carbocycles. The van der Waals surface area contributed by atoms with Crippen LogP contribution in [0.3, 0.4) is 0 Å². The van der Waals surface area contributed by atoms with Gasteiger partial charge in [-0.15, -0.1) is 0 Å². The highest BCUT2D eigenvalue weighted by molar-refractivity contribution is 6.32. The van der Waals surface area contributed by atoms with Gasteiger partial charge in [0.15, 0.2) is 0 Å². The van der Waals surface area contributed by atoms with Crippen molar-refractivity contribution in [1.82, 2.24) is 5.32 Å². The fourth-order valence-electron chi connectivity index (χ4n) is 2.18. The first-order valence-corrected chi connectivity index (χ1v) is 7.72. The van der Waals surface area contributed by atoms with Crippen molar-refractivity contribution < 1.29 is 4.74 Å². The first-order valence-electron chi connectivity index (χ1n) is 7.34. The fourth-order valence-corrected chi connectivity index (χ4v) is 2.42. The van der Waals surface area contributed by atoms with E-state index in [1.807, 2.05) is 37.3 Å². The van der Waals surface area contributed by atoms with Crippen LogP contribution in [0.1, 0.15) is 30.0 Å². The van der Waals surface area contributed by atoms with Crippen LogP contribution in [0.25, 0.3) is 0 Å². The number of hydrogen-bond donors (Lipinski definition) is 1. The van der Waals surface area contributed by atoms with Gasteiger partial charge >= 0.3 is 0 Å². The van der Waals surface area contributed by atoms with Gasteiger partial charge in [0.1, 0.15) is 11.5 Å². The van der Waals surface area contributed by atoms with Gasteiger partial charge in [-0.25, -0.2) is 0 Å². The molecule has 0 unspecified atom stereocenters. The number of hydrogen-bond acceptors (Lipinski definition) is 2. The highest BCUT2D eigenvalue weighted by atomic mass is 35.5. The van der Waals surface area contributed by atoms with E-state index in [0.717, 1.165) is 30.8 Å². The minimum atomic E-state index is 0.644. The van der Waals surface area contributed by atoms with Crippen molar-refractivity contribution >= 4 is 11.6 Å². The number of benzene rings is 2. The molecule has 0 aromatic heterocycles. The van der Waals surface area contributed by atoms with Crippen LogP contribution >= 0.6 is 11.6 Å². The Kier molecular flexibility index (Phi) is 5.66. The quantitative estimate of drug-likeness (QED) is 0.736. The Hall–Kier alpha value is -1.51. The zero-order valence-electron chi connectivity index (χ0n) is 12.9. The van der Waals surface area contributed by atoms with Gasteiger partial charge in [0.05, 0.1) is 5.02 Å². The van der Waals surface area contributed by atoms with Crippen molar-refractivity contribution in [3.05, 3.63) is 58.1 Å². The van der Waals surface area contributed by atoms with Crippen molar-refractivity contribution in [2.75, 3.05) is 6.54 Å². The number of aryl methyl sites for hydroxylation is 2. The maximum Gasteiger partial charge on any atom is 0.146 e. The molecule has 112 valence electrons. The fraction of sp³-hybridized carbons (Fsp3) is 0.333. The average molecular weight is 304 g/mol. The molecular weight excluding hydrogens is 282 g/mol. The van der Waals surface area contributed by atoms with E-state index >= 15 is 0 Å². The largest absolute Gasteiger partial charge is 0.456 e. The third-order valence-corrected chi connectivity index (χ3v) is 3.60. The van der Waals surface area contributed by atoms with Crippen LogP contribution in [0.5, 0.6) is 11.5 Å². The van der Waals surface area contributed by atoms with Gasteiger partial charge < -0.3 is 10.1 Å².